The first-order chi connectivity index (χ1) is 8.13. The molecule has 3 heteroatoms. The lowest BCUT2D eigenvalue weighted by molar-refractivity contribution is 0.0988. The quantitative estimate of drug-likeness (QED) is 0.795. The lowest BCUT2D eigenvalue weighted by Gasteiger charge is -2.09. The maximum absolute atomic E-state index is 13.0. The van der Waals surface area contributed by atoms with E-state index in [-0.39, 0.29) is 5.78 Å². The average molecular weight is 233 g/mol. The van der Waals surface area contributed by atoms with Crippen molar-refractivity contribution in [3.8, 4) is 0 Å². The van der Waals surface area contributed by atoms with Gasteiger partial charge in [0.15, 0.2) is 5.78 Å². The number of alkyl halides is 1. The number of H-pyrrole nitrogens is 1. The third kappa shape index (κ3) is 2.23. The van der Waals surface area contributed by atoms with Gasteiger partial charge in [0.25, 0.3) is 0 Å². The Morgan fingerprint density at radius 3 is 2.94 bits per heavy atom. The molecule has 1 unspecified atom stereocenters. The molecule has 17 heavy (non-hydrogen) atoms. The van der Waals surface area contributed by atoms with E-state index in [9.17, 15) is 9.18 Å². The summed E-state index contributed by atoms with van der Waals surface area (Å²) in [6.07, 6.45) is 6.95. The van der Waals surface area contributed by atoms with Gasteiger partial charge < -0.3 is 4.98 Å². The summed E-state index contributed by atoms with van der Waals surface area (Å²) in [5.74, 6) is 0.133. The fourth-order valence-corrected chi connectivity index (χ4v) is 2.06. The van der Waals surface area contributed by atoms with Crippen molar-refractivity contribution >= 4 is 11.4 Å². The summed E-state index contributed by atoms with van der Waals surface area (Å²) in [4.78, 5) is 14.8. The zero-order chi connectivity index (χ0) is 12.4. The standard InChI is InChI=1S/C14H16FNO/c1-3-13(17)12-8-16-14(9(12)2)10-4-6-11(15)7-5-10/h4-6,8,11,16H,3,7H2,1-2H3. The van der Waals surface area contributed by atoms with Gasteiger partial charge in [-0.15, -0.1) is 0 Å². The number of hydrogen-bond acceptors (Lipinski definition) is 1. The predicted molar refractivity (Wildman–Crippen MR) is 66.8 cm³/mol. The first-order valence-electron chi connectivity index (χ1n) is 5.87. The first-order valence-corrected chi connectivity index (χ1v) is 5.87. The van der Waals surface area contributed by atoms with Gasteiger partial charge in [-0.2, -0.15) is 0 Å². The van der Waals surface area contributed by atoms with Crippen molar-refractivity contribution in [1.29, 1.82) is 0 Å². The van der Waals surface area contributed by atoms with Crippen LogP contribution >= 0.6 is 0 Å². The van der Waals surface area contributed by atoms with E-state index in [0.29, 0.717) is 12.8 Å². The summed E-state index contributed by atoms with van der Waals surface area (Å²) >= 11 is 0. The number of Topliss-reactive ketones (excluding diaryl/α,β-unsaturated/α-hetero) is 1. The molecule has 0 aromatic carbocycles. The summed E-state index contributed by atoms with van der Waals surface area (Å²) in [6.45, 7) is 3.77. The number of carbonyl (C=O) groups is 1. The van der Waals surface area contributed by atoms with E-state index in [1.807, 2.05) is 19.9 Å². The molecule has 0 spiro atoms. The van der Waals surface area contributed by atoms with E-state index in [2.05, 4.69) is 4.98 Å². The summed E-state index contributed by atoms with van der Waals surface area (Å²) < 4.78 is 13.0. The summed E-state index contributed by atoms with van der Waals surface area (Å²) in [7, 11) is 0. The van der Waals surface area contributed by atoms with Gasteiger partial charge in [0.1, 0.15) is 6.17 Å². The van der Waals surface area contributed by atoms with Crippen molar-refractivity contribution in [2.24, 2.45) is 0 Å². The minimum absolute atomic E-state index is 0.133. The Labute approximate surface area is 100 Å². The van der Waals surface area contributed by atoms with Crippen molar-refractivity contribution in [1.82, 2.24) is 4.98 Å². The topological polar surface area (TPSA) is 32.9 Å². The third-order valence-electron chi connectivity index (χ3n) is 3.10. The predicted octanol–water partition coefficient (Wildman–Crippen LogP) is 3.60. The largest absolute Gasteiger partial charge is 0.360 e. The van der Waals surface area contributed by atoms with Crippen LogP contribution in [0.2, 0.25) is 0 Å². The van der Waals surface area contributed by atoms with Gasteiger partial charge in [-0.1, -0.05) is 19.1 Å². The van der Waals surface area contributed by atoms with Crippen LogP contribution in [0.15, 0.2) is 24.4 Å². The number of rotatable bonds is 3. The van der Waals surface area contributed by atoms with Crippen LogP contribution in [0.25, 0.3) is 5.57 Å². The molecule has 1 aliphatic carbocycles. The number of hydrogen-bond donors (Lipinski definition) is 1. The number of aromatic amines is 1. The van der Waals surface area contributed by atoms with Crippen molar-refractivity contribution in [2.75, 3.05) is 0 Å². The molecule has 1 aromatic heterocycles. The van der Waals surface area contributed by atoms with E-state index < -0.39 is 6.17 Å². The molecule has 0 bridgehead atoms. The monoisotopic (exact) mass is 233 g/mol. The van der Waals surface area contributed by atoms with Crippen LogP contribution in [0.3, 0.4) is 0 Å². The van der Waals surface area contributed by atoms with Crippen molar-refractivity contribution in [2.45, 2.75) is 32.9 Å². The fourth-order valence-electron chi connectivity index (χ4n) is 2.06. The van der Waals surface area contributed by atoms with Crippen LogP contribution < -0.4 is 0 Å². The van der Waals surface area contributed by atoms with Crippen LogP contribution in [0.5, 0.6) is 0 Å². The zero-order valence-electron chi connectivity index (χ0n) is 10.1. The lowest BCUT2D eigenvalue weighted by Crippen LogP contribution is -2.00. The van der Waals surface area contributed by atoms with E-state index in [1.54, 1.807) is 18.3 Å². The second-order valence-corrected chi connectivity index (χ2v) is 4.25. The Hall–Kier alpha value is -1.64. The van der Waals surface area contributed by atoms with Gasteiger partial charge in [-0.05, 0) is 24.1 Å². The molecule has 1 aliphatic rings. The second kappa shape index (κ2) is 4.70. The summed E-state index contributed by atoms with van der Waals surface area (Å²) in [5, 5.41) is 0. The van der Waals surface area contributed by atoms with Crippen LogP contribution in [0.4, 0.5) is 4.39 Å². The maximum Gasteiger partial charge on any atom is 0.164 e. The Bertz CT molecular complexity index is 496. The average Bonchev–Trinajstić information content (AvgIpc) is 2.71. The van der Waals surface area contributed by atoms with Crippen molar-refractivity contribution in [3.63, 3.8) is 0 Å². The number of aromatic nitrogens is 1. The number of nitrogens with one attached hydrogen (secondary N) is 1. The van der Waals surface area contributed by atoms with Gasteiger partial charge in [0.2, 0.25) is 0 Å². The second-order valence-electron chi connectivity index (χ2n) is 4.25. The Balaban J connectivity index is 2.32. The molecule has 1 aromatic rings. The highest BCUT2D eigenvalue weighted by Gasteiger charge is 2.16. The Morgan fingerprint density at radius 2 is 2.35 bits per heavy atom. The molecule has 1 atom stereocenters. The van der Waals surface area contributed by atoms with Crippen molar-refractivity contribution < 1.29 is 9.18 Å². The normalized spacial score (nSPS) is 19.2. The van der Waals surface area contributed by atoms with Crippen LogP contribution in [-0.4, -0.2) is 16.9 Å². The van der Waals surface area contributed by atoms with Crippen LogP contribution in [0.1, 0.15) is 41.4 Å². The molecule has 0 radical (unpaired) electrons. The smallest absolute Gasteiger partial charge is 0.164 e. The molecule has 2 rings (SSSR count). The molecule has 90 valence electrons. The van der Waals surface area contributed by atoms with E-state index in [4.69, 9.17) is 0 Å². The Kier molecular flexibility index (Phi) is 3.27. The molecule has 1 N–H and O–H groups in total. The minimum atomic E-state index is -0.884. The van der Waals surface area contributed by atoms with Gasteiger partial charge in [0, 0.05) is 30.3 Å². The zero-order valence-corrected chi connectivity index (χ0v) is 10.1. The number of ketones is 1. The van der Waals surface area contributed by atoms with Gasteiger partial charge in [0.05, 0.1) is 0 Å². The van der Waals surface area contributed by atoms with Crippen molar-refractivity contribution in [3.05, 3.63) is 41.2 Å². The van der Waals surface area contributed by atoms with E-state index >= 15 is 0 Å². The molecule has 0 aliphatic heterocycles. The molecule has 1 heterocycles. The van der Waals surface area contributed by atoms with Gasteiger partial charge >= 0.3 is 0 Å². The number of allylic oxidation sites excluding steroid dienone is 4. The molecule has 0 saturated heterocycles. The van der Waals surface area contributed by atoms with E-state index in [0.717, 1.165) is 22.4 Å². The lowest BCUT2D eigenvalue weighted by atomic mass is 9.98. The molecule has 0 amide bonds. The molecule has 0 saturated carbocycles. The molecule has 2 nitrogen and oxygen atoms in total. The summed E-state index contributed by atoms with van der Waals surface area (Å²) in [6, 6.07) is 0. The minimum Gasteiger partial charge on any atom is -0.360 e. The fraction of sp³-hybridized carbons (Fsp3) is 0.357. The third-order valence-corrected chi connectivity index (χ3v) is 3.10. The number of halogens is 1. The first kappa shape index (κ1) is 11.8. The van der Waals surface area contributed by atoms with Gasteiger partial charge in [-0.3, -0.25) is 4.79 Å². The van der Waals surface area contributed by atoms with Gasteiger partial charge in [-0.25, -0.2) is 4.39 Å². The Morgan fingerprint density at radius 1 is 1.59 bits per heavy atom. The highest BCUT2D eigenvalue weighted by Crippen LogP contribution is 2.26. The maximum atomic E-state index is 13.0. The molecular weight excluding hydrogens is 217 g/mol. The highest BCUT2D eigenvalue weighted by atomic mass is 19.1. The van der Waals surface area contributed by atoms with Crippen LogP contribution in [-0.2, 0) is 0 Å². The number of carbonyl (C=O) groups excluding carboxylic acids is 1. The van der Waals surface area contributed by atoms with Crippen LogP contribution in [0, 0.1) is 6.92 Å². The molecule has 0 fully saturated rings. The SMILES string of the molecule is CCC(=O)c1c[nH]c(C2=CCC(F)C=C2)c1C. The molecular formula is C14H16FNO. The summed E-state index contributed by atoms with van der Waals surface area (Å²) in [5.41, 5.74) is 3.57. The highest BCUT2D eigenvalue weighted by molar-refractivity contribution is 5.98. The van der Waals surface area contributed by atoms with E-state index in [1.165, 1.54) is 0 Å².